The molecule has 1 atom stereocenters. The lowest BCUT2D eigenvalue weighted by molar-refractivity contribution is -0.150. The third-order valence-electron chi connectivity index (χ3n) is 5.94. The van der Waals surface area contributed by atoms with Crippen molar-refractivity contribution in [2.45, 2.75) is 45.8 Å². The number of carbonyl (C=O) groups is 1. The maximum absolute atomic E-state index is 13.9. The minimum Gasteiger partial charge on any atom is -0.464 e. The summed E-state index contributed by atoms with van der Waals surface area (Å²) < 4.78 is 49.1. The highest BCUT2D eigenvalue weighted by molar-refractivity contribution is 5.84. The first-order valence-electron chi connectivity index (χ1n) is 11.2. The number of alkyl halides is 2. The Morgan fingerprint density at radius 1 is 1.06 bits per heavy atom. The van der Waals surface area contributed by atoms with Gasteiger partial charge in [-0.15, -0.1) is 0 Å². The van der Waals surface area contributed by atoms with Gasteiger partial charge in [0.25, 0.3) is 5.91 Å². The Hall–Kier alpha value is -3.81. The Kier molecular flexibility index (Phi) is 6.32. The second-order valence-electron chi connectivity index (χ2n) is 8.70. The van der Waals surface area contributed by atoms with Crippen molar-refractivity contribution < 1.29 is 22.7 Å². The van der Waals surface area contributed by atoms with Crippen LogP contribution in [-0.4, -0.2) is 21.6 Å². The topological polar surface area (TPSA) is 56.1 Å². The van der Waals surface area contributed by atoms with Gasteiger partial charge in [-0.05, 0) is 67.9 Å². The summed E-state index contributed by atoms with van der Waals surface area (Å²) in [5.41, 5.74) is 2.21. The van der Waals surface area contributed by atoms with Crippen LogP contribution in [0.5, 0.6) is 5.75 Å². The Morgan fingerprint density at radius 3 is 2.43 bits per heavy atom. The normalized spacial score (nSPS) is 13.5. The van der Waals surface area contributed by atoms with Crippen LogP contribution in [0.1, 0.15) is 37.0 Å². The third kappa shape index (κ3) is 4.87. The monoisotopic (exact) mass is 481 g/mol. The molecule has 1 heterocycles. The largest absolute Gasteiger partial charge is 0.464 e. The van der Waals surface area contributed by atoms with Gasteiger partial charge in [-0.3, -0.25) is 4.79 Å². The quantitative estimate of drug-likeness (QED) is 0.320. The van der Waals surface area contributed by atoms with Gasteiger partial charge in [0.05, 0.1) is 17.4 Å². The number of rotatable bonds is 7. The maximum atomic E-state index is 13.9. The first-order valence-corrected chi connectivity index (χ1v) is 11.2. The molecular weight excluding hydrogens is 455 g/mol. The van der Waals surface area contributed by atoms with Crippen LogP contribution in [0.4, 0.5) is 13.2 Å². The molecule has 0 bridgehead atoms. The van der Waals surface area contributed by atoms with E-state index in [1.165, 1.54) is 12.1 Å². The van der Waals surface area contributed by atoms with Crippen molar-refractivity contribution in [2.75, 3.05) is 0 Å². The number of ether oxygens (including phenoxy) is 1. The van der Waals surface area contributed by atoms with Gasteiger partial charge < -0.3 is 10.1 Å². The van der Waals surface area contributed by atoms with Crippen molar-refractivity contribution in [1.82, 2.24) is 15.1 Å². The summed E-state index contributed by atoms with van der Waals surface area (Å²) >= 11 is 0. The molecule has 0 saturated carbocycles. The number of benzene rings is 3. The van der Waals surface area contributed by atoms with Crippen molar-refractivity contribution >= 4 is 16.8 Å². The molecule has 0 spiro atoms. The molecule has 1 amide bonds. The second-order valence-corrected chi connectivity index (χ2v) is 8.70. The number of amides is 1. The predicted molar refractivity (Wildman–Crippen MR) is 128 cm³/mol. The van der Waals surface area contributed by atoms with Gasteiger partial charge in [0.15, 0.2) is 0 Å². The molecule has 182 valence electrons. The van der Waals surface area contributed by atoms with Crippen LogP contribution in [0.3, 0.4) is 0 Å². The summed E-state index contributed by atoms with van der Waals surface area (Å²) in [4.78, 5) is 12.4. The molecule has 0 aliphatic rings. The number of hydrogen-bond acceptors (Lipinski definition) is 3. The number of halogens is 3. The molecule has 35 heavy (non-hydrogen) atoms. The predicted octanol–water partition coefficient (Wildman–Crippen LogP) is 6.19. The molecule has 0 fully saturated rings. The second kappa shape index (κ2) is 9.09. The number of aromatic nitrogens is 2. The van der Waals surface area contributed by atoms with Crippen molar-refractivity contribution in [3.05, 3.63) is 89.4 Å². The molecule has 4 rings (SSSR count). The number of carbonyl (C=O) groups excluding carboxylic acids is 1. The molecule has 4 aromatic rings. The van der Waals surface area contributed by atoms with Crippen LogP contribution in [0.15, 0.2) is 66.9 Å². The SMILES string of the molecule is CC[C@](NC(=O)C(C)(F)F)(Oc1ccc2c(cnn2-c2ccc(F)cc2)c1)c1cc(C)ccc1C. The van der Waals surface area contributed by atoms with Gasteiger partial charge >= 0.3 is 5.92 Å². The fourth-order valence-electron chi connectivity index (χ4n) is 4.03. The third-order valence-corrected chi connectivity index (χ3v) is 5.94. The maximum Gasteiger partial charge on any atom is 0.322 e. The molecule has 5 nitrogen and oxygen atoms in total. The van der Waals surface area contributed by atoms with Gasteiger partial charge in [-0.1, -0.05) is 24.6 Å². The molecule has 0 saturated heterocycles. The smallest absolute Gasteiger partial charge is 0.322 e. The average molecular weight is 482 g/mol. The van der Waals surface area contributed by atoms with Crippen molar-refractivity contribution in [3.63, 3.8) is 0 Å². The van der Waals surface area contributed by atoms with Gasteiger partial charge in [0.1, 0.15) is 11.6 Å². The van der Waals surface area contributed by atoms with E-state index in [0.29, 0.717) is 23.9 Å². The lowest BCUT2D eigenvalue weighted by Crippen LogP contribution is -2.54. The van der Waals surface area contributed by atoms with E-state index in [1.54, 1.807) is 48.1 Å². The van der Waals surface area contributed by atoms with E-state index in [9.17, 15) is 18.0 Å². The van der Waals surface area contributed by atoms with Crippen LogP contribution < -0.4 is 10.1 Å². The summed E-state index contributed by atoms with van der Waals surface area (Å²) in [5.74, 6) is -4.98. The Bertz CT molecular complexity index is 1380. The van der Waals surface area contributed by atoms with Gasteiger partial charge in [0.2, 0.25) is 5.72 Å². The fraction of sp³-hybridized carbons (Fsp3) is 0.259. The van der Waals surface area contributed by atoms with E-state index in [4.69, 9.17) is 4.74 Å². The minimum absolute atomic E-state index is 0.200. The molecule has 0 unspecified atom stereocenters. The van der Waals surface area contributed by atoms with Gasteiger partial charge in [0, 0.05) is 24.3 Å². The first kappa shape index (κ1) is 24.3. The number of nitrogens with one attached hydrogen (secondary N) is 1. The van der Waals surface area contributed by atoms with E-state index in [2.05, 4.69) is 10.4 Å². The summed E-state index contributed by atoms with van der Waals surface area (Å²) in [7, 11) is 0. The molecule has 0 aliphatic heterocycles. The zero-order valence-corrected chi connectivity index (χ0v) is 19.9. The standard InChI is InChI=1S/C27H26F3N3O2/c1-5-27(32-25(34)26(4,29)30,23-14-17(2)6-7-18(23)3)35-22-12-13-24-19(15-22)16-31-33(24)21-10-8-20(28)9-11-21/h6-16H,5H2,1-4H3,(H,32,34)/t27-/m0/s1. The molecule has 3 aromatic carbocycles. The number of fused-ring (bicyclic) bond motifs is 1. The zero-order chi connectivity index (χ0) is 25.4. The van der Waals surface area contributed by atoms with Crippen LogP contribution in [0.2, 0.25) is 0 Å². The highest BCUT2D eigenvalue weighted by Gasteiger charge is 2.42. The lowest BCUT2D eigenvalue weighted by Gasteiger charge is -2.37. The molecule has 1 aromatic heterocycles. The van der Waals surface area contributed by atoms with Crippen LogP contribution in [0, 0.1) is 19.7 Å². The molecule has 0 aliphatic carbocycles. The first-order chi connectivity index (χ1) is 16.5. The molecule has 0 radical (unpaired) electrons. The van der Waals surface area contributed by atoms with Gasteiger partial charge in [-0.2, -0.15) is 13.9 Å². The molecule has 1 N–H and O–H groups in total. The molecule has 8 heteroatoms. The van der Waals surface area contributed by atoms with E-state index < -0.39 is 17.6 Å². The van der Waals surface area contributed by atoms with Crippen molar-refractivity contribution in [2.24, 2.45) is 0 Å². The fourth-order valence-corrected chi connectivity index (χ4v) is 4.03. The highest BCUT2D eigenvalue weighted by Crippen LogP contribution is 2.34. The van der Waals surface area contributed by atoms with Crippen molar-refractivity contribution in [1.29, 1.82) is 0 Å². The summed E-state index contributed by atoms with van der Waals surface area (Å²) in [6.45, 7) is 6.05. The Balaban J connectivity index is 1.77. The Labute approximate surface area is 201 Å². The van der Waals surface area contributed by atoms with Crippen LogP contribution >= 0.6 is 0 Å². The molecular formula is C27H26F3N3O2. The van der Waals surface area contributed by atoms with E-state index in [1.807, 2.05) is 32.0 Å². The Morgan fingerprint density at radius 2 is 1.77 bits per heavy atom. The van der Waals surface area contributed by atoms with Crippen LogP contribution in [-0.2, 0) is 10.5 Å². The average Bonchev–Trinajstić information content (AvgIpc) is 3.23. The van der Waals surface area contributed by atoms with Gasteiger partial charge in [-0.25, -0.2) is 9.07 Å². The highest BCUT2D eigenvalue weighted by atomic mass is 19.3. The minimum atomic E-state index is -3.58. The number of hydrogen-bond donors (Lipinski definition) is 1. The zero-order valence-electron chi connectivity index (χ0n) is 19.9. The van der Waals surface area contributed by atoms with Crippen LogP contribution in [0.25, 0.3) is 16.6 Å². The number of nitrogens with zero attached hydrogens (tertiary/aromatic N) is 2. The van der Waals surface area contributed by atoms with E-state index in [-0.39, 0.29) is 12.2 Å². The summed E-state index contributed by atoms with van der Waals surface area (Å²) in [6, 6.07) is 16.8. The summed E-state index contributed by atoms with van der Waals surface area (Å²) in [5, 5.41) is 7.58. The summed E-state index contributed by atoms with van der Waals surface area (Å²) in [6.07, 6.45) is 1.84. The lowest BCUT2D eigenvalue weighted by atomic mass is 9.93. The number of aryl methyl sites for hydroxylation is 2. The van der Waals surface area contributed by atoms with E-state index >= 15 is 0 Å². The van der Waals surface area contributed by atoms with E-state index in [0.717, 1.165) is 22.0 Å². The van der Waals surface area contributed by atoms with Crippen molar-refractivity contribution in [3.8, 4) is 11.4 Å².